The second kappa shape index (κ2) is 9.09. The van der Waals surface area contributed by atoms with Gasteiger partial charge >= 0.3 is 0 Å². The lowest BCUT2D eigenvalue weighted by molar-refractivity contribution is 0.102. The summed E-state index contributed by atoms with van der Waals surface area (Å²) < 4.78 is 27.8. The minimum absolute atomic E-state index is 0.243. The standard InChI is InChI=1S/C27H24N4O4S/c1-17-6-9-23(10-7-17)36(34,35)31-13-12-19-15-21(8-11-24(19)31)27(33)29-22-5-3-4-20(16-22)26-28-18(2)14-25(32)30-26/h3-11,14-16H,12-13H2,1-2H3,(H,29,33)(H,28,30,32). The van der Waals surface area contributed by atoms with Crippen LogP contribution in [0, 0.1) is 13.8 Å². The smallest absolute Gasteiger partial charge is 0.264 e. The zero-order chi connectivity index (χ0) is 25.4. The molecule has 9 heteroatoms. The molecule has 1 aliphatic heterocycles. The Labute approximate surface area is 208 Å². The second-order valence-corrected chi connectivity index (χ2v) is 10.6. The Balaban J connectivity index is 1.37. The van der Waals surface area contributed by atoms with E-state index in [0.29, 0.717) is 47.0 Å². The van der Waals surface area contributed by atoms with Crippen molar-refractivity contribution in [3.8, 4) is 11.4 Å². The van der Waals surface area contributed by atoms with Crippen LogP contribution in [0.5, 0.6) is 0 Å². The van der Waals surface area contributed by atoms with Gasteiger partial charge in [-0.25, -0.2) is 13.4 Å². The predicted molar refractivity (Wildman–Crippen MR) is 139 cm³/mol. The van der Waals surface area contributed by atoms with E-state index in [0.717, 1.165) is 11.1 Å². The normalized spacial score (nSPS) is 12.9. The van der Waals surface area contributed by atoms with Gasteiger partial charge in [0.1, 0.15) is 5.82 Å². The highest BCUT2D eigenvalue weighted by atomic mass is 32.2. The first-order valence-corrected chi connectivity index (χ1v) is 12.9. The van der Waals surface area contributed by atoms with Crippen molar-refractivity contribution < 1.29 is 13.2 Å². The Morgan fingerprint density at radius 2 is 1.78 bits per heavy atom. The lowest BCUT2D eigenvalue weighted by Crippen LogP contribution is -2.29. The number of hydrogen-bond donors (Lipinski definition) is 2. The van der Waals surface area contributed by atoms with Gasteiger partial charge in [-0.15, -0.1) is 0 Å². The van der Waals surface area contributed by atoms with Gasteiger partial charge in [0.25, 0.3) is 21.5 Å². The number of H-pyrrole nitrogens is 1. The first-order chi connectivity index (χ1) is 17.2. The molecule has 2 heterocycles. The van der Waals surface area contributed by atoms with E-state index in [1.807, 2.05) is 6.92 Å². The van der Waals surface area contributed by atoms with E-state index in [9.17, 15) is 18.0 Å². The maximum absolute atomic E-state index is 13.2. The van der Waals surface area contributed by atoms with Crippen molar-refractivity contribution in [2.45, 2.75) is 25.2 Å². The number of anilines is 2. The Kier molecular flexibility index (Phi) is 5.93. The summed E-state index contributed by atoms with van der Waals surface area (Å²) in [7, 11) is -3.69. The molecule has 0 aliphatic carbocycles. The van der Waals surface area contributed by atoms with Gasteiger partial charge in [-0.3, -0.25) is 13.9 Å². The molecule has 3 aromatic carbocycles. The van der Waals surface area contributed by atoms with Gasteiger partial charge in [-0.2, -0.15) is 0 Å². The largest absolute Gasteiger partial charge is 0.322 e. The number of sulfonamides is 1. The van der Waals surface area contributed by atoms with Crippen molar-refractivity contribution in [3.05, 3.63) is 106 Å². The number of carbonyl (C=O) groups is 1. The van der Waals surface area contributed by atoms with Crippen LogP contribution >= 0.6 is 0 Å². The van der Waals surface area contributed by atoms with Gasteiger partial charge in [0.2, 0.25) is 0 Å². The minimum atomic E-state index is -3.69. The summed E-state index contributed by atoms with van der Waals surface area (Å²) in [5.41, 5.74) is 4.36. The molecule has 1 aromatic heterocycles. The highest BCUT2D eigenvalue weighted by molar-refractivity contribution is 7.92. The number of nitrogens with zero attached hydrogens (tertiary/aromatic N) is 2. The number of fused-ring (bicyclic) bond motifs is 1. The van der Waals surface area contributed by atoms with E-state index in [2.05, 4.69) is 15.3 Å². The molecule has 0 fully saturated rings. The van der Waals surface area contributed by atoms with Crippen LogP contribution in [0.2, 0.25) is 0 Å². The maximum atomic E-state index is 13.2. The zero-order valence-electron chi connectivity index (χ0n) is 19.8. The fourth-order valence-electron chi connectivity index (χ4n) is 4.26. The molecular weight excluding hydrogens is 476 g/mol. The molecule has 0 spiro atoms. The molecule has 182 valence electrons. The first kappa shape index (κ1) is 23.5. The number of benzene rings is 3. The van der Waals surface area contributed by atoms with Crippen LogP contribution in [0.25, 0.3) is 11.4 Å². The second-order valence-electron chi connectivity index (χ2n) is 8.75. The zero-order valence-corrected chi connectivity index (χ0v) is 20.6. The SMILES string of the molecule is Cc1ccc(S(=O)(=O)N2CCc3cc(C(=O)Nc4cccc(-c5nc(C)cc(=O)[nH]5)c4)ccc32)cc1. The predicted octanol–water partition coefficient (Wildman–Crippen LogP) is 4.06. The Morgan fingerprint density at radius 3 is 2.53 bits per heavy atom. The van der Waals surface area contributed by atoms with E-state index in [-0.39, 0.29) is 16.4 Å². The summed E-state index contributed by atoms with van der Waals surface area (Å²) in [6.45, 7) is 3.97. The van der Waals surface area contributed by atoms with Crippen molar-refractivity contribution in [2.75, 3.05) is 16.2 Å². The molecule has 0 saturated carbocycles. The van der Waals surface area contributed by atoms with Gasteiger partial charge < -0.3 is 10.3 Å². The fourth-order valence-corrected chi connectivity index (χ4v) is 5.77. The topological polar surface area (TPSA) is 112 Å². The molecule has 0 bridgehead atoms. The van der Waals surface area contributed by atoms with Gasteiger partial charge in [0.15, 0.2) is 0 Å². The van der Waals surface area contributed by atoms with Gasteiger partial charge in [-0.1, -0.05) is 29.8 Å². The Bertz CT molecular complexity index is 1640. The third-order valence-corrected chi connectivity index (χ3v) is 7.89. The van der Waals surface area contributed by atoms with Crippen LogP contribution in [0.1, 0.15) is 27.2 Å². The van der Waals surface area contributed by atoms with Gasteiger partial charge in [0, 0.05) is 35.1 Å². The highest BCUT2D eigenvalue weighted by Gasteiger charge is 2.31. The molecule has 8 nitrogen and oxygen atoms in total. The molecule has 2 N–H and O–H groups in total. The van der Waals surface area contributed by atoms with E-state index in [1.54, 1.807) is 73.7 Å². The maximum Gasteiger partial charge on any atom is 0.264 e. The van der Waals surface area contributed by atoms with E-state index >= 15 is 0 Å². The Hall–Kier alpha value is -4.24. The molecule has 0 radical (unpaired) electrons. The summed E-state index contributed by atoms with van der Waals surface area (Å²) in [5.74, 6) is 0.101. The highest BCUT2D eigenvalue weighted by Crippen LogP contribution is 2.34. The Morgan fingerprint density at radius 1 is 1.00 bits per heavy atom. The van der Waals surface area contributed by atoms with Gasteiger partial charge in [-0.05, 0) is 68.3 Å². The van der Waals surface area contributed by atoms with Crippen molar-refractivity contribution in [1.29, 1.82) is 0 Å². The van der Waals surface area contributed by atoms with E-state index in [4.69, 9.17) is 0 Å². The van der Waals surface area contributed by atoms with Crippen LogP contribution in [0.3, 0.4) is 0 Å². The van der Waals surface area contributed by atoms with Crippen LogP contribution in [-0.4, -0.2) is 30.8 Å². The number of aryl methyl sites for hydroxylation is 2. The molecule has 0 saturated heterocycles. The molecule has 1 aliphatic rings. The fraction of sp³-hybridized carbons (Fsp3) is 0.148. The summed E-state index contributed by atoms with van der Waals surface area (Å²) in [4.78, 5) is 32.1. The summed E-state index contributed by atoms with van der Waals surface area (Å²) in [6, 6.07) is 20.3. The monoisotopic (exact) mass is 500 g/mol. The van der Waals surface area contributed by atoms with E-state index < -0.39 is 10.0 Å². The van der Waals surface area contributed by atoms with Crippen molar-refractivity contribution in [2.24, 2.45) is 0 Å². The molecular formula is C27H24N4O4S. The average Bonchev–Trinajstić information content (AvgIpc) is 3.28. The molecule has 5 rings (SSSR count). The molecule has 1 amide bonds. The summed E-state index contributed by atoms with van der Waals surface area (Å²) in [6.07, 6.45) is 0.517. The third-order valence-electron chi connectivity index (χ3n) is 6.07. The van der Waals surface area contributed by atoms with Gasteiger partial charge in [0.05, 0.1) is 10.6 Å². The number of carbonyl (C=O) groups excluding carboxylic acids is 1. The molecule has 4 aromatic rings. The third kappa shape index (κ3) is 4.52. The number of aromatic nitrogens is 2. The molecule has 0 atom stereocenters. The number of hydrogen-bond acceptors (Lipinski definition) is 5. The van der Waals surface area contributed by atoms with Crippen molar-refractivity contribution >= 4 is 27.3 Å². The molecule has 0 unspecified atom stereocenters. The van der Waals surface area contributed by atoms with Crippen molar-refractivity contribution in [3.63, 3.8) is 0 Å². The summed E-state index contributed by atoms with van der Waals surface area (Å²) >= 11 is 0. The quantitative estimate of drug-likeness (QED) is 0.429. The number of rotatable bonds is 5. The van der Waals surface area contributed by atoms with E-state index in [1.165, 1.54) is 10.4 Å². The first-order valence-electron chi connectivity index (χ1n) is 11.4. The van der Waals surface area contributed by atoms with Crippen LogP contribution in [0.15, 0.2) is 82.5 Å². The lowest BCUT2D eigenvalue weighted by atomic mass is 10.1. The number of aromatic amines is 1. The van der Waals surface area contributed by atoms with Crippen molar-refractivity contribution in [1.82, 2.24) is 9.97 Å². The van der Waals surface area contributed by atoms with Crippen LogP contribution in [0.4, 0.5) is 11.4 Å². The summed E-state index contributed by atoms with van der Waals surface area (Å²) in [5, 5.41) is 2.87. The lowest BCUT2D eigenvalue weighted by Gasteiger charge is -2.20. The number of nitrogens with one attached hydrogen (secondary N) is 2. The van der Waals surface area contributed by atoms with Crippen LogP contribution in [-0.2, 0) is 16.4 Å². The number of amides is 1. The average molecular weight is 501 g/mol. The molecule has 36 heavy (non-hydrogen) atoms. The van der Waals surface area contributed by atoms with Crippen LogP contribution < -0.4 is 15.2 Å². The minimum Gasteiger partial charge on any atom is -0.322 e.